The Morgan fingerprint density at radius 3 is 2.43 bits per heavy atom. The van der Waals surface area contributed by atoms with Crippen molar-refractivity contribution in [3.63, 3.8) is 0 Å². The lowest BCUT2D eigenvalue weighted by molar-refractivity contribution is -0.137. The van der Waals surface area contributed by atoms with E-state index < -0.39 is 5.97 Å². The molecular weight excluding hydrogens is 268 g/mol. The van der Waals surface area contributed by atoms with E-state index in [2.05, 4.69) is 13.8 Å². The van der Waals surface area contributed by atoms with Gasteiger partial charge in [0.15, 0.2) is 0 Å². The van der Waals surface area contributed by atoms with Gasteiger partial charge in [0.2, 0.25) is 0 Å². The summed E-state index contributed by atoms with van der Waals surface area (Å²) in [5.41, 5.74) is 0.335. The molecule has 5 nitrogen and oxygen atoms in total. The highest BCUT2D eigenvalue weighted by molar-refractivity contribution is 5.75. The number of hydrogen-bond donors (Lipinski definition) is 1. The maximum absolute atomic E-state index is 12.7. The zero-order valence-corrected chi connectivity index (χ0v) is 13.3. The number of amides is 2. The normalized spacial score (nSPS) is 25.7. The SMILES string of the molecule is CC1(C)CCN(C(=O)N2CCCCC2CCC(=O)O)CC1. The minimum absolute atomic E-state index is 0.109. The summed E-state index contributed by atoms with van der Waals surface area (Å²) in [5, 5.41) is 8.86. The topological polar surface area (TPSA) is 60.9 Å². The van der Waals surface area contributed by atoms with Crippen LogP contribution in [0.5, 0.6) is 0 Å². The summed E-state index contributed by atoms with van der Waals surface area (Å²) in [5.74, 6) is -0.771. The van der Waals surface area contributed by atoms with Gasteiger partial charge in [-0.25, -0.2) is 4.79 Å². The van der Waals surface area contributed by atoms with E-state index in [-0.39, 0.29) is 18.5 Å². The summed E-state index contributed by atoms with van der Waals surface area (Å²) < 4.78 is 0. The fourth-order valence-electron chi connectivity index (χ4n) is 3.33. The van der Waals surface area contributed by atoms with Crippen LogP contribution in [0.25, 0.3) is 0 Å². The third-order valence-electron chi connectivity index (χ3n) is 4.95. The third kappa shape index (κ3) is 4.35. The molecule has 2 aliphatic heterocycles. The maximum Gasteiger partial charge on any atom is 0.320 e. The molecule has 2 amide bonds. The van der Waals surface area contributed by atoms with Crippen LogP contribution in [0.2, 0.25) is 0 Å². The van der Waals surface area contributed by atoms with E-state index in [0.717, 1.165) is 51.7 Å². The van der Waals surface area contributed by atoms with Crippen molar-refractivity contribution < 1.29 is 14.7 Å². The van der Waals surface area contributed by atoms with Crippen LogP contribution in [-0.4, -0.2) is 52.6 Å². The molecule has 0 aliphatic carbocycles. The highest BCUT2D eigenvalue weighted by Gasteiger charge is 2.33. The molecule has 0 bridgehead atoms. The number of rotatable bonds is 3. The Kier molecular flexibility index (Phi) is 5.12. The fourth-order valence-corrected chi connectivity index (χ4v) is 3.33. The summed E-state index contributed by atoms with van der Waals surface area (Å²) in [6.07, 6.45) is 5.91. The smallest absolute Gasteiger partial charge is 0.320 e. The summed E-state index contributed by atoms with van der Waals surface area (Å²) in [6.45, 7) is 6.95. The fraction of sp³-hybridized carbons (Fsp3) is 0.875. The minimum atomic E-state index is -0.771. The molecule has 0 spiro atoms. The van der Waals surface area contributed by atoms with Crippen molar-refractivity contribution in [3.05, 3.63) is 0 Å². The van der Waals surface area contributed by atoms with Crippen LogP contribution in [0.1, 0.15) is 58.8 Å². The molecule has 2 saturated heterocycles. The van der Waals surface area contributed by atoms with Crippen LogP contribution in [0, 0.1) is 5.41 Å². The second-order valence-corrected chi connectivity index (χ2v) is 7.21. The van der Waals surface area contributed by atoms with E-state index in [1.165, 1.54) is 0 Å². The third-order valence-corrected chi connectivity index (χ3v) is 4.95. The van der Waals surface area contributed by atoms with E-state index in [1.807, 2.05) is 9.80 Å². The molecule has 2 rings (SSSR count). The van der Waals surface area contributed by atoms with Crippen LogP contribution in [0.4, 0.5) is 4.79 Å². The molecule has 2 aliphatic rings. The first-order valence-electron chi connectivity index (χ1n) is 8.16. The minimum Gasteiger partial charge on any atom is -0.481 e. The molecule has 21 heavy (non-hydrogen) atoms. The summed E-state index contributed by atoms with van der Waals surface area (Å²) in [7, 11) is 0. The largest absolute Gasteiger partial charge is 0.481 e. The van der Waals surface area contributed by atoms with Crippen LogP contribution in [0.15, 0.2) is 0 Å². The second-order valence-electron chi connectivity index (χ2n) is 7.21. The van der Waals surface area contributed by atoms with Gasteiger partial charge in [0.05, 0.1) is 0 Å². The quantitative estimate of drug-likeness (QED) is 0.871. The number of piperidine rings is 2. The number of likely N-dealkylation sites (tertiary alicyclic amines) is 2. The lowest BCUT2D eigenvalue weighted by Gasteiger charge is -2.43. The van der Waals surface area contributed by atoms with Crippen molar-refractivity contribution in [2.75, 3.05) is 19.6 Å². The van der Waals surface area contributed by atoms with Crippen LogP contribution < -0.4 is 0 Å². The molecule has 0 aromatic carbocycles. The Morgan fingerprint density at radius 1 is 1.14 bits per heavy atom. The molecule has 0 aromatic heterocycles. The van der Waals surface area contributed by atoms with E-state index in [0.29, 0.717) is 11.8 Å². The van der Waals surface area contributed by atoms with E-state index in [4.69, 9.17) is 5.11 Å². The Morgan fingerprint density at radius 2 is 1.81 bits per heavy atom. The molecule has 2 heterocycles. The number of carboxylic acids is 1. The molecule has 2 fully saturated rings. The van der Waals surface area contributed by atoms with Gasteiger partial charge in [0.1, 0.15) is 0 Å². The summed E-state index contributed by atoms with van der Waals surface area (Å²) >= 11 is 0. The van der Waals surface area contributed by atoms with Gasteiger partial charge in [0.25, 0.3) is 0 Å². The average Bonchev–Trinajstić information content (AvgIpc) is 2.44. The van der Waals surface area contributed by atoms with Crippen LogP contribution >= 0.6 is 0 Å². The molecule has 120 valence electrons. The number of aliphatic carboxylic acids is 1. The Hall–Kier alpha value is -1.26. The van der Waals surface area contributed by atoms with Crippen molar-refractivity contribution >= 4 is 12.0 Å². The number of carbonyl (C=O) groups is 2. The van der Waals surface area contributed by atoms with Crippen molar-refractivity contribution in [1.29, 1.82) is 0 Å². The van der Waals surface area contributed by atoms with E-state index >= 15 is 0 Å². The molecule has 1 N–H and O–H groups in total. The molecule has 1 atom stereocenters. The van der Waals surface area contributed by atoms with Crippen molar-refractivity contribution in [1.82, 2.24) is 9.80 Å². The predicted octanol–water partition coefficient (Wildman–Crippen LogP) is 2.95. The standard InChI is InChI=1S/C16H28N2O3/c1-16(2)8-11-17(12-9-16)15(21)18-10-4-3-5-13(18)6-7-14(19)20/h13H,3-12H2,1-2H3,(H,19,20). The lowest BCUT2D eigenvalue weighted by atomic mass is 9.83. The molecule has 0 saturated carbocycles. The first-order valence-corrected chi connectivity index (χ1v) is 8.16. The van der Waals surface area contributed by atoms with Crippen molar-refractivity contribution in [2.24, 2.45) is 5.41 Å². The van der Waals surface area contributed by atoms with Crippen molar-refractivity contribution in [2.45, 2.75) is 64.8 Å². The zero-order valence-electron chi connectivity index (χ0n) is 13.3. The first kappa shape index (κ1) is 16.1. The van der Waals surface area contributed by atoms with Gasteiger partial charge in [-0.15, -0.1) is 0 Å². The molecular formula is C16H28N2O3. The first-order chi connectivity index (χ1) is 9.89. The summed E-state index contributed by atoms with van der Waals surface area (Å²) in [4.78, 5) is 27.4. The van der Waals surface area contributed by atoms with Gasteiger partial charge in [-0.3, -0.25) is 4.79 Å². The molecule has 5 heteroatoms. The van der Waals surface area contributed by atoms with Gasteiger partial charge in [0, 0.05) is 32.1 Å². The number of carbonyl (C=O) groups excluding carboxylic acids is 1. The Bertz CT molecular complexity index is 385. The lowest BCUT2D eigenvalue weighted by Crippen LogP contribution is -2.53. The predicted molar refractivity (Wildman–Crippen MR) is 81.2 cm³/mol. The van der Waals surface area contributed by atoms with Gasteiger partial charge < -0.3 is 14.9 Å². The van der Waals surface area contributed by atoms with Crippen molar-refractivity contribution in [3.8, 4) is 0 Å². The number of carboxylic acid groups (broad SMARTS) is 1. The van der Waals surface area contributed by atoms with Gasteiger partial charge in [-0.05, 0) is 43.9 Å². The van der Waals surface area contributed by atoms with Gasteiger partial charge in [-0.2, -0.15) is 0 Å². The molecule has 0 aromatic rings. The highest BCUT2D eigenvalue weighted by Crippen LogP contribution is 2.31. The molecule has 1 unspecified atom stereocenters. The number of hydrogen-bond acceptors (Lipinski definition) is 2. The van der Waals surface area contributed by atoms with E-state index in [9.17, 15) is 9.59 Å². The van der Waals surface area contributed by atoms with Crippen LogP contribution in [0.3, 0.4) is 0 Å². The second kappa shape index (κ2) is 6.67. The van der Waals surface area contributed by atoms with Gasteiger partial charge in [-0.1, -0.05) is 13.8 Å². The number of urea groups is 1. The van der Waals surface area contributed by atoms with E-state index in [1.54, 1.807) is 0 Å². The summed E-state index contributed by atoms with van der Waals surface area (Å²) in [6, 6.07) is 0.234. The molecule has 0 radical (unpaired) electrons. The number of nitrogens with zero attached hydrogens (tertiary/aromatic N) is 2. The van der Waals surface area contributed by atoms with Crippen LogP contribution in [-0.2, 0) is 4.79 Å². The highest BCUT2D eigenvalue weighted by atomic mass is 16.4. The Balaban J connectivity index is 1.93. The Labute approximate surface area is 127 Å². The maximum atomic E-state index is 12.7. The zero-order chi connectivity index (χ0) is 15.5. The monoisotopic (exact) mass is 296 g/mol. The average molecular weight is 296 g/mol. The van der Waals surface area contributed by atoms with Gasteiger partial charge >= 0.3 is 12.0 Å².